The van der Waals surface area contributed by atoms with Gasteiger partial charge >= 0.3 is 0 Å². The molecule has 0 bridgehead atoms. The first-order valence-corrected chi connectivity index (χ1v) is 4.49. The number of hydrogen-bond donors (Lipinski definition) is 1. The molecule has 0 spiro atoms. The van der Waals surface area contributed by atoms with Crippen LogP contribution in [0.5, 0.6) is 5.75 Å². The van der Waals surface area contributed by atoms with Gasteiger partial charge in [-0.3, -0.25) is 0 Å². The number of nitrogens with two attached hydrogens (primary N) is 1. The third-order valence-electron chi connectivity index (χ3n) is 2.01. The first kappa shape index (κ1) is 9.09. The second-order valence-corrected chi connectivity index (χ2v) is 3.26. The molecule has 0 aliphatic rings. The van der Waals surface area contributed by atoms with Crippen molar-refractivity contribution in [2.24, 2.45) is 0 Å². The van der Waals surface area contributed by atoms with Gasteiger partial charge in [0, 0.05) is 5.39 Å². The van der Waals surface area contributed by atoms with E-state index in [0.717, 1.165) is 10.9 Å². The summed E-state index contributed by atoms with van der Waals surface area (Å²) in [4.78, 5) is 4.16. The fraction of sp³-hybridized carbons (Fsp3) is 0.100. The lowest BCUT2D eigenvalue weighted by Gasteiger charge is -2.05. The lowest BCUT2D eigenvalue weighted by atomic mass is 10.2. The van der Waals surface area contributed by atoms with E-state index < -0.39 is 0 Å². The third kappa shape index (κ3) is 1.36. The number of fused-ring (bicyclic) bond motifs is 1. The number of benzene rings is 1. The lowest BCUT2D eigenvalue weighted by Crippen LogP contribution is -1.92. The van der Waals surface area contributed by atoms with Gasteiger partial charge in [0.15, 0.2) is 5.15 Å². The molecule has 3 nitrogen and oxygen atoms in total. The van der Waals surface area contributed by atoms with Crippen LogP contribution in [0.3, 0.4) is 0 Å². The fourth-order valence-electron chi connectivity index (χ4n) is 1.33. The summed E-state index contributed by atoms with van der Waals surface area (Å²) in [5, 5.41) is 1.23. The van der Waals surface area contributed by atoms with E-state index in [4.69, 9.17) is 22.1 Å². The highest BCUT2D eigenvalue weighted by molar-refractivity contribution is 6.32. The number of pyridine rings is 1. The molecule has 2 N–H and O–H groups in total. The summed E-state index contributed by atoms with van der Waals surface area (Å²) in [5.74, 6) is 0.699. The SMILES string of the molecule is COc1cccc2cc(N)c(Cl)nc12. The molecule has 72 valence electrons. The van der Waals surface area contributed by atoms with Crippen LogP contribution >= 0.6 is 11.6 Å². The largest absolute Gasteiger partial charge is 0.494 e. The van der Waals surface area contributed by atoms with E-state index in [1.54, 1.807) is 13.2 Å². The Kier molecular flexibility index (Phi) is 2.17. The van der Waals surface area contributed by atoms with Crippen molar-refractivity contribution in [1.82, 2.24) is 4.98 Å². The van der Waals surface area contributed by atoms with Crippen LogP contribution in [0.2, 0.25) is 5.15 Å². The summed E-state index contributed by atoms with van der Waals surface area (Å²) in [5.41, 5.74) is 6.85. The van der Waals surface area contributed by atoms with Crippen molar-refractivity contribution in [2.75, 3.05) is 12.8 Å². The maximum atomic E-state index is 5.82. The first-order chi connectivity index (χ1) is 6.72. The van der Waals surface area contributed by atoms with Crippen molar-refractivity contribution in [3.63, 3.8) is 0 Å². The summed E-state index contributed by atoms with van der Waals surface area (Å²) >= 11 is 5.82. The minimum atomic E-state index is 0.307. The maximum absolute atomic E-state index is 5.82. The Morgan fingerprint density at radius 3 is 2.93 bits per heavy atom. The Morgan fingerprint density at radius 1 is 1.43 bits per heavy atom. The van der Waals surface area contributed by atoms with E-state index in [-0.39, 0.29) is 0 Å². The molecule has 0 saturated heterocycles. The Hall–Kier alpha value is -1.48. The smallest absolute Gasteiger partial charge is 0.152 e. The molecule has 0 saturated carbocycles. The maximum Gasteiger partial charge on any atom is 0.152 e. The van der Waals surface area contributed by atoms with Crippen LogP contribution in [-0.2, 0) is 0 Å². The third-order valence-corrected chi connectivity index (χ3v) is 2.31. The number of halogens is 1. The lowest BCUT2D eigenvalue weighted by molar-refractivity contribution is 0.419. The summed E-state index contributed by atoms with van der Waals surface area (Å²) in [6.45, 7) is 0. The van der Waals surface area contributed by atoms with Crippen LogP contribution in [0.1, 0.15) is 0 Å². The van der Waals surface area contributed by atoms with Crippen molar-refractivity contribution in [1.29, 1.82) is 0 Å². The zero-order valence-electron chi connectivity index (χ0n) is 7.62. The summed E-state index contributed by atoms with van der Waals surface area (Å²) < 4.78 is 5.16. The topological polar surface area (TPSA) is 48.1 Å². The van der Waals surface area contributed by atoms with E-state index >= 15 is 0 Å². The first-order valence-electron chi connectivity index (χ1n) is 4.11. The number of rotatable bonds is 1. The van der Waals surface area contributed by atoms with Gasteiger partial charge in [0.2, 0.25) is 0 Å². The molecular formula is C10H9ClN2O. The van der Waals surface area contributed by atoms with Crippen LogP contribution < -0.4 is 10.5 Å². The average Bonchev–Trinajstić information content (AvgIpc) is 2.19. The standard InChI is InChI=1S/C10H9ClN2O/c1-14-8-4-2-3-6-5-7(12)10(11)13-9(6)8/h2-5H,12H2,1H3. The highest BCUT2D eigenvalue weighted by Gasteiger charge is 2.05. The van der Waals surface area contributed by atoms with Gasteiger partial charge in [-0.15, -0.1) is 0 Å². The summed E-state index contributed by atoms with van der Waals surface area (Å²) in [7, 11) is 1.60. The van der Waals surface area contributed by atoms with Crippen molar-refractivity contribution in [3.8, 4) is 5.75 Å². The van der Waals surface area contributed by atoms with Crippen molar-refractivity contribution in [3.05, 3.63) is 29.4 Å². The monoisotopic (exact) mass is 208 g/mol. The number of nitrogen functional groups attached to an aromatic ring is 1. The Labute approximate surface area is 86.5 Å². The Balaban J connectivity index is 2.81. The molecule has 0 aliphatic heterocycles. The molecule has 2 rings (SSSR count). The summed E-state index contributed by atoms with van der Waals surface area (Å²) in [6, 6.07) is 7.42. The van der Waals surface area contributed by atoms with Gasteiger partial charge in [0.1, 0.15) is 11.3 Å². The second kappa shape index (κ2) is 3.35. The molecule has 2 aromatic rings. The van der Waals surface area contributed by atoms with Gasteiger partial charge < -0.3 is 10.5 Å². The zero-order chi connectivity index (χ0) is 10.1. The van der Waals surface area contributed by atoms with Crippen molar-refractivity contribution >= 4 is 28.2 Å². The van der Waals surface area contributed by atoms with E-state index in [2.05, 4.69) is 4.98 Å². The van der Waals surface area contributed by atoms with Gasteiger partial charge in [0.05, 0.1) is 12.8 Å². The van der Waals surface area contributed by atoms with Gasteiger partial charge in [-0.05, 0) is 12.1 Å². The molecule has 0 radical (unpaired) electrons. The molecular weight excluding hydrogens is 200 g/mol. The van der Waals surface area contributed by atoms with E-state index in [9.17, 15) is 0 Å². The summed E-state index contributed by atoms with van der Waals surface area (Å²) in [6.07, 6.45) is 0. The molecule has 0 amide bonds. The predicted molar refractivity (Wildman–Crippen MR) is 57.7 cm³/mol. The molecule has 1 aromatic heterocycles. The molecule has 1 heterocycles. The van der Waals surface area contributed by atoms with Crippen LogP contribution in [0.25, 0.3) is 10.9 Å². The number of aromatic nitrogens is 1. The van der Waals surface area contributed by atoms with Crippen molar-refractivity contribution < 1.29 is 4.74 Å². The molecule has 0 unspecified atom stereocenters. The van der Waals surface area contributed by atoms with Crippen LogP contribution in [0, 0.1) is 0 Å². The highest BCUT2D eigenvalue weighted by atomic mass is 35.5. The molecule has 0 fully saturated rings. The second-order valence-electron chi connectivity index (χ2n) is 2.90. The van der Waals surface area contributed by atoms with E-state index in [0.29, 0.717) is 16.6 Å². The highest BCUT2D eigenvalue weighted by Crippen LogP contribution is 2.28. The average molecular weight is 209 g/mol. The number of methoxy groups -OCH3 is 1. The van der Waals surface area contributed by atoms with Crippen LogP contribution in [0.4, 0.5) is 5.69 Å². The number of hydrogen-bond acceptors (Lipinski definition) is 3. The number of nitrogens with zero attached hydrogens (tertiary/aromatic N) is 1. The van der Waals surface area contributed by atoms with E-state index in [1.165, 1.54) is 0 Å². The normalized spacial score (nSPS) is 10.4. The Morgan fingerprint density at radius 2 is 2.21 bits per heavy atom. The minimum absolute atomic E-state index is 0.307. The quantitative estimate of drug-likeness (QED) is 0.733. The van der Waals surface area contributed by atoms with Crippen LogP contribution in [-0.4, -0.2) is 12.1 Å². The van der Waals surface area contributed by atoms with Gasteiger partial charge in [0.25, 0.3) is 0 Å². The minimum Gasteiger partial charge on any atom is -0.494 e. The molecule has 0 atom stereocenters. The van der Waals surface area contributed by atoms with Crippen LogP contribution in [0.15, 0.2) is 24.3 Å². The molecule has 0 aliphatic carbocycles. The van der Waals surface area contributed by atoms with Crippen molar-refractivity contribution in [2.45, 2.75) is 0 Å². The number of anilines is 1. The fourth-order valence-corrected chi connectivity index (χ4v) is 1.47. The Bertz CT molecular complexity index is 485. The molecule has 14 heavy (non-hydrogen) atoms. The van der Waals surface area contributed by atoms with Gasteiger partial charge in [-0.1, -0.05) is 23.7 Å². The zero-order valence-corrected chi connectivity index (χ0v) is 8.38. The van der Waals surface area contributed by atoms with E-state index in [1.807, 2.05) is 18.2 Å². The number of ether oxygens (including phenoxy) is 1. The number of para-hydroxylation sites is 1. The van der Waals surface area contributed by atoms with Gasteiger partial charge in [-0.25, -0.2) is 4.98 Å². The molecule has 4 heteroatoms. The predicted octanol–water partition coefficient (Wildman–Crippen LogP) is 2.48. The van der Waals surface area contributed by atoms with Gasteiger partial charge in [-0.2, -0.15) is 0 Å². The molecule has 1 aromatic carbocycles.